The van der Waals surface area contributed by atoms with E-state index in [0.717, 1.165) is 63.2 Å². The molecule has 0 unspecified atom stereocenters. The summed E-state index contributed by atoms with van der Waals surface area (Å²) in [6, 6.07) is 6.17. The summed E-state index contributed by atoms with van der Waals surface area (Å²) in [5, 5.41) is 6.82. The van der Waals surface area contributed by atoms with Crippen LogP contribution in [0.1, 0.15) is 78.1 Å². The van der Waals surface area contributed by atoms with Crippen LogP contribution in [0.4, 0.5) is 11.4 Å². The molecule has 2 saturated heterocycles. The van der Waals surface area contributed by atoms with Crippen LogP contribution < -0.4 is 20.4 Å². The second kappa shape index (κ2) is 10.4. The third-order valence-corrected chi connectivity index (χ3v) is 8.56. The maximum absolute atomic E-state index is 13.1. The van der Waals surface area contributed by atoms with Crippen molar-refractivity contribution >= 4 is 35.0 Å². The molecule has 2 aliphatic carbocycles. The summed E-state index contributed by atoms with van der Waals surface area (Å²) >= 11 is 0. The van der Waals surface area contributed by atoms with E-state index in [1.807, 2.05) is 0 Å². The number of anilines is 2. The van der Waals surface area contributed by atoms with Crippen molar-refractivity contribution in [2.24, 2.45) is 11.8 Å². The van der Waals surface area contributed by atoms with E-state index in [9.17, 15) is 19.2 Å². The molecule has 0 bridgehead atoms. The zero-order valence-corrected chi connectivity index (χ0v) is 21.4. The number of benzene rings is 1. The number of hydrogen-bond acceptors (Lipinski definition) is 6. The number of carbonyl (C=O) groups excluding carboxylic acids is 4. The predicted octanol–water partition coefficient (Wildman–Crippen LogP) is 3.29. The Kier molecular flexibility index (Phi) is 7.26. The van der Waals surface area contributed by atoms with Crippen molar-refractivity contribution in [2.75, 3.05) is 9.80 Å². The van der Waals surface area contributed by atoms with Crippen LogP contribution in [0.3, 0.4) is 0 Å². The molecular formula is C28H38N4O4. The highest BCUT2D eigenvalue weighted by molar-refractivity contribution is 6.24. The lowest BCUT2D eigenvalue weighted by Crippen LogP contribution is -2.45. The van der Waals surface area contributed by atoms with E-state index < -0.39 is 12.1 Å². The SMILES string of the molecule is CC1CCC(N[C@H]2CC(=O)N(c3ccc(N4C(=O)C[C@@H](NC5CCC(C)CC5)C4=O)cc3)C2=O)CC1. The van der Waals surface area contributed by atoms with Gasteiger partial charge in [-0.05, 0) is 87.5 Å². The minimum atomic E-state index is -0.494. The maximum Gasteiger partial charge on any atom is 0.251 e. The van der Waals surface area contributed by atoms with Crippen molar-refractivity contribution in [3.8, 4) is 0 Å². The molecule has 2 heterocycles. The minimum absolute atomic E-state index is 0.156. The molecule has 1 aromatic rings. The fraction of sp³-hybridized carbons (Fsp3) is 0.643. The van der Waals surface area contributed by atoms with Gasteiger partial charge in [0, 0.05) is 12.1 Å². The predicted molar refractivity (Wildman–Crippen MR) is 137 cm³/mol. The first-order valence-electron chi connectivity index (χ1n) is 13.7. The largest absolute Gasteiger partial charge is 0.303 e. The molecule has 8 nitrogen and oxygen atoms in total. The Bertz CT molecular complexity index is 928. The molecular weight excluding hydrogens is 456 g/mol. The van der Waals surface area contributed by atoms with E-state index in [0.29, 0.717) is 11.4 Å². The van der Waals surface area contributed by atoms with Crippen LogP contribution in [0, 0.1) is 11.8 Å². The molecule has 2 aliphatic heterocycles. The van der Waals surface area contributed by atoms with Crippen molar-refractivity contribution < 1.29 is 19.2 Å². The highest BCUT2D eigenvalue weighted by Crippen LogP contribution is 2.31. The summed E-state index contributed by atoms with van der Waals surface area (Å²) in [6.07, 6.45) is 8.99. The Morgan fingerprint density at radius 1 is 0.583 bits per heavy atom. The number of hydrogen-bond donors (Lipinski definition) is 2. The molecule has 4 amide bonds. The molecule has 8 heteroatoms. The molecule has 0 radical (unpaired) electrons. The summed E-state index contributed by atoms with van der Waals surface area (Å²) in [5.74, 6) is 0.519. The second-order valence-electron chi connectivity index (χ2n) is 11.4. The fourth-order valence-electron chi connectivity index (χ4n) is 6.24. The van der Waals surface area contributed by atoms with Gasteiger partial charge < -0.3 is 10.6 Å². The standard InChI is InChI=1S/C28H38N4O4/c1-17-3-7-19(8-4-17)29-23-15-25(33)31(27(23)35)21-11-13-22(14-12-21)32-26(34)16-24(28(32)36)30-20-9-5-18(2)6-10-20/h11-14,17-20,23-24,29-30H,3-10,15-16H2,1-2H3/t17?,18?,19?,20?,23-,24+. The Hall–Kier alpha value is -2.58. The topological polar surface area (TPSA) is 98.8 Å². The third-order valence-electron chi connectivity index (χ3n) is 8.56. The Morgan fingerprint density at radius 2 is 0.917 bits per heavy atom. The average molecular weight is 495 g/mol. The maximum atomic E-state index is 13.1. The number of rotatable bonds is 6. The van der Waals surface area contributed by atoms with Crippen molar-refractivity contribution in [1.29, 1.82) is 0 Å². The molecule has 4 aliphatic rings. The van der Waals surface area contributed by atoms with Crippen molar-refractivity contribution in [2.45, 2.75) is 102 Å². The van der Waals surface area contributed by atoms with Gasteiger partial charge in [0.25, 0.3) is 11.8 Å². The Morgan fingerprint density at radius 3 is 1.25 bits per heavy atom. The first-order valence-corrected chi connectivity index (χ1v) is 13.7. The van der Waals surface area contributed by atoms with E-state index in [2.05, 4.69) is 24.5 Å². The van der Waals surface area contributed by atoms with E-state index in [1.54, 1.807) is 24.3 Å². The van der Waals surface area contributed by atoms with Gasteiger partial charge in [-0.3, -0.25) is 19.2 Å². The zero-order chi connectivity index (χ0) is 25.4. The van der Waals surface area contributed by atoms with Crippen LogP contribution in [0.15, 0.2) is 24.3 Å². The summed E-state index contributed by atoms with van der Waals surface area (Å²) in [5.41, 5.74) is 0.945. The highest BCUT2D eigenvalue weighted by atomic mass is 16.2. The number of imide groups is 2. The summed E-state index contributed by atoms with van der Waals surface area (Å²) in [7, 11) is 0. The number of nitrogens with zero attached hydrogens (tertiary/aromatic N) is 2. The first kappa shape index (κ1) is 25.1. The lowest BCUT2D eigenvalue weighted by Gasteiger charge is -2.29. The lowest BCUT2D eigenvalue weighted by molar-refractivity contribution is -0.123. The van der Waals surface area contributed by atoms with Gasteiger partial charge in [-0.15, -0.1) is 0 Å². The summed E-state index contributed by atoms with van der Waals surface area (Å²) in [6.45, 7) is 4.51. The van der Waals surface area contributed by atoms with Crippen LogP contribution >= 0.6 is 0 Å². The molecule has 0 spiro atoms. The fourth-order valence-corrected chi connectivity index (χ4v) is 6.24. The van der Waals surface area contributed by atoms with Crippen molar-refractivity contribution in [3.05, 3.63) is 24.3 Å². The van der Waals surface area contributed by atoms with Gasteiger partial charge in [-0.2, -0.15) is 0 Å². The van der Waals surface area contributed by atoms with Gasteiger partial charge in [0.15, 0.2) is 0 Å². The number of carbonyl (C=O) groups is 4. The van der Waals surface area contributed by atoms with E-state index in [4.69, 9.17) is 0 Å². The Labute approximate surface area is 213 Å². The lowest BCUT2D eigenvalue weighted by atomic mass is 9.87. The second-order valence-corrected chi connectivity index (χ2v) is 11.4. The third kappa shape index (κ3) is 5.11. The molecule has 36 heavy (non-hydrogen) atoms. The van der Waals surface area contributed by atoms with Gasteiger partial charge >= 0.3 is 0 Å². The molecule has 1 aromatic carbocycles. The van der Waals surface area contributed by atoms with E-state index >= 15 is 0 Å². The summed E-state index contributed by atoms with van der Waals surface area (Å²) < 4.78 is 0. The molecule has 2 N–H and O–H groups in total. The average Bonchev–Trinajstić information content (AvgIpc) is 3.30. The van der Waals surface area contributed by atoms with Gasteiger partial charge in [-0.1, -0.05) is 13.8 Å². The normalized spacial score (nSPS) is 33.6. The monoisotopic (exact) mass is 494 g/mol. The van der Waals surface area contributed by atoms with Crippen molar-refractivity contribution in [1.82, 2.24) is 10.6 Å². The first-order chi connectivity index (χ1) is 17.3. The van der Waals surface area contributed by atoms with Crippen LogP contribution in [0.5, 0.6) is 0 Å². The van der Waals surface area contributed by atoms with Crippen LogP contribution in [0.2, 0.25) is 0 Å². The van der Waals surface area contributed by atoms with E-state index in [1.165, 1.54) is 9.80 Å². The molecule has 194 valence electrons. The number of amides is 4. The molecule has 5 rings (SSSR count). The van der Waals surface area contributed by atoms with Gasteiger partial charge in [0.05, 0.1) is 36.3 Å². The smallest absolute Gasteiger partial charge is 0.251 e. The molecule has 4 fully saturated rings. The quantitative estimate of drug-likeness (QED) is 0.589. The van der Waals surface area contributed by atoms with Gasteiger partial charge in [0.1, 0.15) is 0 Å². The molecule has 2 saturated carbocycles. The molecule has 2 atom stereocenters. The minimum Gasteiger partial charge on any atom is -0.303 e. The zero-order valence-electron chi connectivity index (χ0n) is 21.4. The summed E-state index contributed by atoms with van der Waals surface area (Å²) in [4.78, 5) is 54.0. The van der Waals surface area contributed by atoms with Crippen LogP contribution in [-0.4, -0.2) is 47.8 Å². The Balaban J connectivity index is 1.21. The van der Waals surface area contributed by atoms with Gasteiger partial charge in [0.2, 0.25) is 11.8 Å². The van der Waals surface area contributed by atoms with E-state index in [-0.39, 0.29) is 48.6 Å². The van der Waals surface area contributed by atoms with Crippen LogP contribution in [0.25, 0.3) is 0 Å². The number of nitrogens with one attached hydrogen (secondary N) is 2. The van der Waals surface area contributed by atoms with Crippen LogP contribution in [-0.2, 0) is 19.2 Å². The highest BCUT2D eigenvalue weighted by Gasteiger charge is 2.42. The molecule has 0 aromatic heterocycles. The van der Waals surface area contributed by atoms with Gasteiger partial charge in [-0.25, -0.2) is 9.80 Å². The van der Waals surface area contributed by atoms with Crippen molar-refractivity contribution in [3.63, 3.8) is 0 Å².